The fraction of sp³-hybridized carbons (Fsp3) is 0.562. The number of hydrogen-bond donors (Lipinski definition) is 2. The van der Waals surface area contributed by atoms with Gasteiger partial charge < -0.3 is 15.4 Å². The van der Waals surface area contributed by atoms with Crippen molar-refractivity contribution in [1.29, 1.82) is 0 Å². The molecule has 1 atom stereocenters. The van der Waals surface area contributed by atoms with Crippen LogP contribution in [0.3, 0.4) is 0 Å². The maximum Gasteiger partial charge on any atom is 0.315 e. The van der Waals surface area contributed by atoms with Gasteiger partial charge in [-0.1, -0.05) is 37.1 Å². The quantitative estimate of drug-likeness (QED) is 0.889. The van der Waals surface area contributed by atoms with Crippen LogP contribution in [-0.2, 0) is 17.8 Å². The molecule has 1 aromatic carbocycles. The number of ether oxygens (including phenoxy) is 1. The minimum atomic E-state index is -0.0561. The van der Waals surface area contributed by atoms with Gasteiger partial charge in [0.05, 0.1) is 12.7 Å². The first kappa shape index (κ1) is 13.4. The lowest BCUT2D eigenvalue weighted by Crippen LogP contribution is -2.45. The Morgan fingerprint density at radius 3 is 2.75 bits per heavy atom. The maximum atomic E-state index is 11.8. The van der Waals surface area contributed by atoms with Crippen molar-refractivity contribution < 1.29 is 9.53 Å². The third kappa shape index (κ3) is 3.31. The van der Waals surface area contributed by atoms with Gasteiger partial charge in [0, 0.05) is 19.0 Å². The number of carbonyl (C=O) groups excluding carboxylic acids is 1. The van der Waals surface area contributed by atoms with Crippen LogP contribution in [0.5, 0.6) is 0 Å². The van der Waals surface area contributed by atoms with E-state index in [-0.39, 0.29) is 12.1 Å². The van der Waals surface area contributed by atoms with Crippen molar-refractivity contribution in [3.05, 3.63) is 35.4 Å². The Balaban J connectivity index is 1.44. The molecule has 2 N–H and O–H groups in total. The highest BCUT2D eigenvalue weighted by atomic mass is 16.5. The molecule has 1 aliphatic heterocycles. The lowest BCUT2D eigenvalue weighted by atomic mass is 9.99. The van der Waals surface area contributed by atoms with E-state index in [0.717, 1.165) is 19.3 Å². The van der Waals surface area contributed by atoms with Crippen LogP contribution in [0.1, 0.15) is 36.8 Å². The van der Waals surface area contributed by atoms with E-state index in [0.29, 0.717) is 19.2 Å². The first-order valence-corrected chi connectivity index (χ1v) is 7.54. The zero-order valence-corrected chi connectivity index (χ0v) is 11.7. The summed E-state index contributed by atoms with van der Waals surface area (Å²) < 4.78 is 5.78. The number of hydrogen-bond acceptors (Lipinski definition) is 2. The largest absolute Gasteiger partial charge is 0.371 e. The molecule has 0 bridgehead atoms. The van der Waals surface area contributed by atoms with Gasteiger partial charge in [-0.3, -0.25) is 0 Å². The standard InChI is InChI=1S/C16H22N2O2/c19-16(18-14-7-3-4-8-14)17-10-15-9-12-5-1-2-6-13(12)11-20-15/h1-2,5-6,14-15H,3-4,7-11H2,(H2,17,18,19). The average Bonchev–Trinajstić information content (AvgIpc) is 2.98. The van der Waals surface area contributed by atoms with Crippen molar-refractivity contribution >= 4 is 6.03 Å². The van der Waals surface area contributed by atoms with E-state index in [4.69, 9.17) is 4.74 Å². The van der Waals surface area contributed by atoms with Gasteiger partial charge >= 0.3 is 6.03 Å². The predicted molar refractivity (Wildman–Crippen MR) is 77.5 cm³/mol. The van der Waals surface area contributed by atoms with Crippen LogP contribution in [0.15, 0.2) is 24.3 Å². The third-order valence-electron chi connectivity index (χ3n) is 4.22. The van der Waals surface area contributed by atoms with Crippen molar-refractivity contribution in [2.45, 2.75) is 50.9 Å². The highest BCUT2D eigenvalue weighted by Gasteiger charge is 2.20. The van der Waals surface area contributed by atoms with Gasteiger partial charge in [0.15, 0.2) is 0 Å². The van der Waals surface area contributed by atoms with E-state index >= 15 is 0 Å². The van der Waals surface area contributed by atoms with E-state index in [1.54, 1.807) is 0 Å². The highest BCUT2D eigenvalue weighted by molar-refractivity contribution is 5.74. The Labute approximate surface area is 119 Å². The summed E-state index contributed by atoms with van der Waals surface area (Å²) in [5, 5.41) is 5.97. The van der Waals surface area contributed by atoms with Gasteiger partial charge in [0.2, 0.25) is 0 Å². The van der Waals surface area contributed by atoms with Crippen LogP contribution < -0.4 is 10.6 Å². The van der Waals surface area contributed by atoms with Crippen molar-refractivity contribution in [3.8, 4) is 0 Å². The number of urea groups is 1. The fourth-order valence-corrected chi connectivity index (χ4v) is 3.05. The predicted octanol–water partition coefficient (Wildman–Crippen LogP) is 2.37. The summed E-state index contributed by atoms with van der Waals surface area (Å²) in [6, 6.07) is 8.65. The number of amides is 2. The number of benzene rings is 1. The van der Waals surface area contributed by atoms with Crippen LogP contribution in [0.4, 0.5) is 4.79 Å². The molecular formula is C16H22N2O2. The Hall–Kier alpha value is -1.55. The molecule has 1 aliphatic carbocycles. The molecule has 1 heterocycles. The van der Waals surface area contributed by atoms with Gasteiger partial charge in [-0.25, -0.2) is 4.79 Å². The molecule has 1 fully saturated rings. The average molecular weight is 274 g/mol. The molecule has 4 heteroatoms. The monoisotopic (exact) mass is 274 g/mol. The van der Waals surface area contributed by atoms with Crippen molar-refractivity contribution in [2.75, 3.05) is 6.54 Å². The summed E-state index contributed by atoms with van der Waals surface area (Å²) in [5.41, 5.74) is 2.60. The molecule has 0 saturated heterocycles. The van der Waals surface area contributed by atoms with Crippen LogP contribution in [0, 0.1) is 0 Å². The van der Waals surface area contributed by atoms with E-state index in [1.807, 2.05) is 6.07 Å². The first-order valence-electron chi connectivity index (χ1n) is 7.54. The molecule has 1 saturated carbocycles. The number of carbonyl (C=O) groups is 1. The summed E-state index contributed by atoms with van der Waals surface area (Å²) in [7, 11) is 0. The van der Waals surface area contributed by atoms with Crippen LogP contribution in [0.2, 0.25) is 0 Å². The molecule has 3 rings (SSSR count). The van der Waals surface area contributed by atoms with Crippen LogP contribution in [-0.4, -0.2) is 24.7 Å². The molecule has 20 heavy (non-hydrogen) atoms. The molecule has 108 valence electrons. The molecule has 0 spiro atoms. The van der Waals surface area contributed by atoms with E-state index in [2.05, 4.69) is 28.8 Å². The molecule has 4 nitrogen and oxygen atoms in total. The van der Waals surface area contributed by atoms with Gasteiger partial charge in [-0.05, 0) is 24.0 Å². The second kappa shape index (κ2) is 6.27. The number of rotatable bonds is 3. The molecule has 1 unspecified atom stereocenters. The molecule has 0 radical (unpaired) electrons. The highest BCUT2D eigenvalue weighted by Crippen LogP contribution is 2.20. The summed E-state index contributed by atoms with van der Waals surface area (Å²) in [6.07, 6.45) is 5.64. The van der Waals surface area contributed by atoms with Gasteiger partial charge in [0.25, 0.3) is 0 Å². The second-order valence-corrected chi connectivity index (χ2v) is 5.74. The lowest BCUT2D eigenvalue weighted by molar-refractivity contribution is 0.0305. The zero-order valence-electron chi connectivity index (χ0n) is 11.7. The van der Waals surface area contributed by atoms with Gasteiger partial charge in [0.1, 0.15) is 0 Å². The molecule has 1 aromatic rings. The second-order valence-electron chi connectivity index (χ2n) is 5.74. The summed E-state index contributed by atoms with van der Waals surface area (Å²) >= 11 is 0. The van der Waals surface area contributed by atoms with Crippen molar-refractivity contribution in [2.24, 2.45) is 0 Å². The smallest absolute Gasteiger partial charge is 0.315 e. The van der Waals surface area contributed by atoms with Crippen molar-refractivity contribution in [3.63, 3.8) is 0 Å². The minimum Gasteiger partial charge on any atom is -0.371 e. The summed E-state index contributed by atoms with van der Waals surface area (Å²) in [4.78, 5) is 11.8. The molecular weight excluding hydrogens is 252 g/mol. The van der Waals surface area contributed by atoms with Crippen molar-refractivity contribution in [1.82, 2.24) is 10.6 Å². The zero-order chi connectivity index (χ0) is 13.8. The van der Waals surface area contributed by atoms with E-state index in [1.165, 1.54) is 24.0 Å². The number of fused-ring (bicyclic) bond motifs is 1. The lowest BCUT2D eigenvalue weighted by Gasteiger charge is -2.25. The third-order valence-corrected chi connectivity index (χ3v) is 4.22. The topological polar surface area (TPSA) is 50.4 Å². The van der Waals surface area contributed by atoms with E-state index in [9.17, 15) is 4.79 Å². The summed E-state index contributed by atoms with van der Waals surface area (Å²) in [6.45, 7) is 1.22. The SMILES string of the molecule is O=C(NCC1Cc2ccccc2CO1)NC1CCCC1. The Kier molecular flexibility index (Phi) is 4.21. The Morgan fingerprint density at radius 1 is 1.20 bits per heavy atom. The van der Waals surface area contributed by atoms with Gasteiger partial charge in [-0.15, -0.1) is 0 Å². The normalized spacial score (nSPS) is 22.3. The summed E-state index contributed by atoms with van der Waals surface area (Å²) in [5.74, 6) is 0. The first-order chi connectivity index (χ1) is 9.81. The van der Waals surface area contributed by atoms with E-state index < -0.39 is 0 Å². The van der Waals surface area contributed by atoms with Crippen LogP contribution >= 0.6 is 0 Å². The number of nitrogens with one attached hydrogen (secondary N) is 2. The maximum absolute atomic E-state index is 11.8. The molecule has 0 aromatic heterocycles. The minimum absolute atomic E-state index is 0.0561. The molecule has 2 aliphatic rings. The fourth-order valence-electron chi connectivity index (χ4n) is 3.05. The molecule has 2 amide bonds. The van der Waals surface area contributed by atoms with Crippen LogP contribution in [0.25, 0.3) is 0 Å². The Morgan fingerprint density at radius 2 is 1.95 bits per heavy atom. The van der Waals surface area contributed by atoms with Gasteiger partial charge in [-0.2, -0.15) is 0 Å². The Bertz CT molecular complexity index is 469.